The number of amides is 1. The number of aryl methyl sites for hydroxylation is 1. The number of nitrogens with one attached hydrogen (secondary N) is 1. The van der Waals surface area contributed by atoms with Crippen LogP contribution in [0.4, 0.5) is 11.8 Å². The van der Waals surface area contributed by atoms with Gasteiger partial charge in [-0.2, -0.15) is 4.98 Å². The number of rotatable bonds is 6. The molecule has 9 heteroatoms. The summed E-state index contributed by atoms with van der Waals surface area (Å²) in [5.41, 5.74) is 2.51. The third kappa shape index (κ3) is 5.31. The molecule has 5 aliphatic rings. The number of hydrogen-bond acceptors (Lipinski definition) is 7. The molecule has 2 saturated heterocycles. The maximum absolute atomic E-state index is 12.9. The number of fused-ring (bicyclic) bond motifs is 1. The van der Waals surface area contributed by atoms with Crippen molar-refractivity contribution in [3.05, 3.63) is 17.3 Å². The summed E-state index contributed by atoms with van der Waals surface area (Å²) in [6.45, 7) is 5.69. The lowest BCUT2D eigenvalue weighted by Crippen LogP contribution is -2.39. The Morgan fingerprint density at radius 2 is 1.89 bits per heavy atom. The molecule has 1 N–H and O–H groups in total. The lowest BCUT2D eigenvalue weighted by atomic mass is 9.74. The summed E-state index contributed by atoms with van der Waals surface area (Å²) in [4.78, 5) is 27.9. The van der Waals surface area contributed by atoms with E-state index < -0.39 is 10.8 Å². The molecule has 8 nitrogen and oxygen atoms in total. The zero-order chi connectivity index (χ0) is 25.5. The van der Waals surface area contributed by atoms with E-state index in [1.165, 1.54) is 12.8 Å². The smallest absolute Gasteiger partial charge is 0.227 e. The van der Waals surface area contributed by atoms with Gasteiger partial charge in [0, 0.05) is 63.5 Å². The molecule has 0 bridgehead atoms. The maximum Gasteiger partial charge on any atom is 0.227 e. The fraction of sp³-hybridized carbons (Fsp3) is 0.750. The van der Waals surface area contributed by atoms with E-state index in [1.54, 1.807) is 5.57 Å². The van der Waals surface area contributed by atoms with E-state index in [4.69, 9.17) is 14.7 Å². The minimum absolute atomic E-state index is 0.149. The molecule has 1 saturated carbocycles. The van der Waals surface area contributed by atoms with Crippen LogP contribution in [0.5, 0.6) is 0 Å². The number of nitrogens with zero attached hydrogens (tertiary/aromatic N) is 4. The number of carbonyl (C=O) groups excluding carboxylic acids is 1. The molecule has 0 aromatic carbocycles. The van der Waals surface area contributed by atoms with Crippen molar-refractivity contribution in [1.29, 1.82) is 0 Å². The summed E-state index contributed by atoms with van der Waals surface area (Å²) >= 11 is 0. The largest absolute Gasteiger partial charge is 0.381 e. The SMILES string of the molecule is CC1CC(C(=O)N(C)C2CC2)CC=C1C1CCN(c2nc3c(c(NC4CCOCC4)n2)S(=O)CC3)CC1. The van der Waals surface area contributed by atoms with Crippen molar-refractivity contribution in [1.82, 2.24) is 14.9 Å². The lowest BCUT2D eigenvalue weighted by Gasteiger charge is -2.38. The molecule has 3 fully saturated rings. The molecule has 1 aromatic heterocycles. The van der Waals surface area contributed by atoms with Gasteiger partial charge in [0.15, 0.2) is 0 Å². The van der Waals surface area contributed by atoms with Crippen LogP contribution in [0.3, 0.4) is 0 Å². The van der Waals surface area contributed by atoms with Gasteiger partial charge in [0.1, 0.15) is 10.7 Å². The first-order chi connectivity index (χ1) is 18.0. The summed E-state index contributed by atoms with van der Waals surface area (Å²) in [6.07, 6.45) is 11.4. The number of carbonyl (C=O) groups is 1. The Kier molecular flexibility index (Phi) is 7.27. The summed E-state index contributed by atoms with van der Waals surface area (Å²) in [6, 6.07) is 0.801. The van der Waals surface area contributed by atoms with Crippen molar-refractivity contribution in [2.24, 2.45) is 17.8 Å². The van der Waals surface area contributed by atoms with E-state index in [0.717, 1.165) is 93.6 Å². The second kappa shape index (κ2) is 10.6. The van der Waals surface area contributed by atoms with Crippen LogP contribution in [0, 0.1) is 17.8 Å². The van der Waals surface area contributed by atoms with Gasteiger partial charge in [0.25, 0.3) is 0 Å². The number of ether oxygens (including phenoxy) is 1. The predicted molar refractivity (Wildman–Crippen MR) is 145 cm³/mol. The first kappa shape index (κ1) is 25.3. The number of anilines is 2. The fourth-order valence-electron chi connectivity index (χ4n) is 6.71. The molecule has 2 aliphatic carbocycles. The van der Waals surface area contributed by atoms with Gasteiger partial charge in [0.05, 0.1) is 16.5 Å². The summed E-state index contributed by atoms with van der Waals surface area (Å²) in [5, 5.41) is 3.60. The summed E-state index contributed by atoms with van der Waals surface area (Å²) in [5.74, 6) is 3.74. The van der Waals surface area contributed by atoms with Crippen LogP contribution in [0.25, 0.3) is 0 Å². The highest BCUT2D eigenvalue weighted by molar-refractivity contribution is 7.85. The number of hydrogen-bond donors (Lipinski definition) is 1. The van der Waals surface area contributed by atoms with Crippen LogP contribution in [-0.4, -0.2) is 76.2 Å². The van der Waals surface area contributed by atoms with E-state index in [-0.39, 0.29) is 5.92 Å². The Morgan fingerprint density at radius 3 is 2.59 bits per heavy atom. The Hall–Kier alpha value is -2.00. The Labute approximate surface area is 223 Å². The molecule has 6 rings (SSSR count). The van der Waals surface area contributed by atoms with E-state index >= 15 is 0 Å². The topological polar surface area (TPSA) is 87.7 Å². The van der Waals surface area contributed by atoms with Gasteiger partial charge in [-0.05, 0) is 63.2 Å². The minimum atomic E-state index is -1.02. The van der Waals surface area contributed by atoms with Crippen LogP contribution < -0.4 is 10.2 Å². The lowest BCUT2D eigenvalue weighted by molar-refractivity contribution is -0.135. The average molecular weight is 528 g/mol. The molecule has 1 aromatic rings. The zero-order valence-corrected chi connectivity index (χ0v) is 23.1. The normalized spacial score (nSPS) is 29.1. The standard InChI is InChI=1S/C28H41N5O3S/c1-18-17-20(27(34)32(2)22-4-5-22)3-6-23(18)19-7-12-33(13-8-19)28-30-24-11-16-37(35)25(24)26(31-28)29-21-9-14-36-15-10-21/h6,18-22H,3-5,7-17H2,1-2H3,(H,29,30,31). The van der Waals surface area contributed by atoms with Gasteiger partial charge >= 0.3 is 0 Å². The summed E-state index contributed by atoms with van der Waals surface area (Å²) < 4.78 is 18.2. The minimum Gasteiger partial charge on any atom is -0.381 e. The van der Waals surface area contributed by atoms with Gasteiger partial charge in [0.2, 0.25) is 11.9 Å². The van der Waals surface area contributed by atoms with Crippen molar-refractivity contribution in [2.75, 3.05) is 49.3 Å². The van der Waals surface area contributed by atoms with E-state index in [1.807, 2.05) is 11.9 Å². The van der Waals surface area contributed by atoms with E-state index in [9.17, 15) is 9.00 Å². The Morgan fingerprint density at radius 1 is 1.14 bits per heavy atom. The molecule has 3 atom stereocenters. The molecule has 4 heterocycles. The van der Waals surface area contributed by atoms with Crippen molar-refractivity contribution in [2.45, 2.75) is 81.7 Å². The third-order valence-corrected chi connectivity index (χ3v) is 10.6. The average Bonchev–Trinajstić information content (AvgIpc) is 3.71. The summed E-state index contributed by atoms with van der Waals surface area (Å²) in [7, 11) is 0.968. The van der Waals surface area contributed by atoms with Crippen molar-refractivity contribution >= 4 is 28.5 Å². The zero-order valence-electron chi connectivity index (χ0n) is 22.3. The first-order valence-electron chi connectivity index (χ1n) is 14.3. The van der Waals surface area contributed by atoms with Gasteiger partial charge in [-0.3, -0.25) is 9.00 Å². The molecule has 37 heavy (non-hydrogen) atoms. The van der Waals surface area contributed by atoms with Crippen LogP contribution in [0.15, 0.2) is 16.5 Å². The van der Waals surface area contributed by atoms with E-state index in [0.29, 0.717) is 35.6 Å². The quantitative estimate of drug-likeness (QED) is 0.566. The highest BCUT2D eigenvalue weighted by Crippen LogP contribution is 2.40. The maximum atomic E-state index is 12.9. The first-order valence-corrected chi connectivity index (χ1v) is 15.6. The fourth-order valence-corrected chi connectivity index (χ4v) is 8.02. The molecule has 202 valence electrons. The molecule has 3 aliphatic heterocycles. The van der Waals surface area contributed by atoms with Gasteiger partial charge in [-0.1, -0.05) is 18.6 Å². The number of piperidine rings is 1. The third-order valence-electron chi connectivity index (χ3n) is 9.12. The van der Waals surface area contributed by atoms with Crippen LogP contribution in [-0.2, 0) is 26.8 Å². The van der Waals surface area contributed by atoms with Crippen LogP contribution in [0.1, 0.15) is 64.0 Å². The van der Waals surface area contributed by atoms with Gasteiger partial charge in [-0.15, -0.1) is 0 Å². The molecule has 0 spiro atoms. The molecule has 0 radical (unpaired) electrons. The highest BCUT2D eigenvalue weighted by Gasteiger charge is 2.37. The van der Waals surface area contributed by atoms with Crippen LogP contribution in [0.2, 0.25) is 0 Å². The molecule has 1 amide bonds. The number of aromatic nitrogens is 2. The van der Waals surface area contributed by atoms with Gasteiger partial charge in [-0.25, -0.2) is 4.98 Å². The Bertz CT molecular complexity index is 1080. The predicted octanol–water partition coefficient (Wildman–Crippen LogP) is 3.54. The number of allylic oxidation sites excluding steroid dienone is 2. The highest BCUT2D eigenvalue weighted by atomic mass is 32.2. The Balaban J connectivity index is 1.11. The second-order valence-corrected chi connectivity index (χ2v) is 13.2. The van der Waals surface area contributed by atoms with E-state index in [2.05, 4.69) is 23.2 Å². The molecular formula is C28H41N5O3S. The van der Waals surface area contributed by atoms with Crippen molar-refractivity contribution < 1.29 is 13.7 Å². The van der Waals surface area contributed by atoms with Crippen LogP contribution >= 0.6 is 0 Å². The van der Waals surface area contributed by atoms with Crippen molar-refractivity contribution in [3.8, 4) is 0 Å². The second-order valence-electron chi connectivity index (χ2n) is 11.7. The monoisotopic (exact) mass is 527 g/mol. The van der Waals surface area contributed by atoms with Crippen molar-refractivity contribution in [3.63, 3.8) is 0 Å². The molecular weight excluding hydrogens is 486 g/mol. The van der Waals surface area contributed by atoms with Gasteiger partial charge < -0.3 is 19.9 Å². The molecule has 3 unspecified atom stereocenters.